The summed E-state index contributed by atoms with van der Waals surface area (Å²) in [6, 6.07) is 21.3. The number of ether oxygens (including phenoxy) is 2. The SMILES string of the molecule is COc1cc(OC)c(O)c(Pc2ccccc2C=Nc2ccccc2)c1. The van der Waals surface area contributed by atoms with Gasteiger partial charge in [-0.2, -0.15) is 0 Å². The van der Waals surface area contributed by atoms with Gasteiger partial charge >= 0.3 is 0 Å². The Labute approximate surface area is 154 Å². The van der Waals surface area contributed by atoms with Gasteiger partial charge in [-0.05, 0) is 23.5 Å². The highest BCUT2D eigenvalue weighted by Gasteiger charge is 2.13. The molecule has 0 aliphatic heterocycles. The first-order valence-corrected chi connectivity index (χ1v) is 9.11. The molecule has 0 spiro atoms. The highest BCUT2D eigenvalue weighted by Crippen LogP contribution is 2.33. The van der Waals surface area contributed by atoms with Crippen LogP contribution in [0.2, 0.25) is 0 Å². The molecule has 0 aromatic heterocycles. The molecule has 0 fully saturated rings. The summed E-state index contributed by atoms with van der Waals surface area (Å²) < 4.78 is 10.6. The van der Waals surface area contributed by atoms with E-state index >= 15 is 0 Å². The molecule has 3 aromatic carbocycles. The summed E-state index contributed by atoms with van der Waals surface area (Å²) in [5.41, 5.74) is 1.91. The van der Waals surface area contributed by atoms with Crippen LogP contribution in [0.1, 0.15) is 5.56 Å². The maximum Gasteiger partial charge on any atom is 0.165 e. The standard InChI is InChI=1S/C21H20NO3P/c1-24-17-12-18(25-2)21(23)20(13-17)26-19-11-7-6-8-15(19)14-22-16-9-4-3-5-10-16/h3-14,23,26H,1-2H3. The van der Waals surface area contributed by atoms with Crippen molar-refractivity contribution in [2.45, 2.75) is 0 Å². The van der Waals surface area contributed by atoms with Gasteiger partial charge in [-0.15, -0.1) is 0 Å². The van der Waals surface area contributed by atoms with Crippen LogP contribution in [0.25, 0.3) is 0 Å². The van der Waals surface area contributed by atoms with Crippen molar-refractivity contribution in [2.24, 2.45) is 4.99 Å². The lowest BCUT2D eigenvalue weighted by atomic mass is 10.2. The van der Waals surface area contributed by atoms with Gasteiger partial charge in [0, 0.05) is 23.1 Å². The van der Waals surface area contributed by atoms with Crippen LogP contribution in [-0.2, 0) is 0 Å². The van der Waals surface area contributed by atoms with Crippen LogP contribution in [0.3, 0.4) is 0 Å². The molecule has 0 radical (unpaired) electrons. The van der Waals surface area contributed by atoms with E-state index in [0.29, 0.717) is 11.5 Å². The normalized spacial score (nSPS) is 11.3. The van der Waals surface area contributed by atoms with Crippen molar-refractivity contribution < 1.29 is 14.6 Å². The molecule has 0 saturated heterocycles. The zero-order valence-corrected chi connectivity index (χ0v) is 15.6. The number of para-hydroxylation sites is 1. The van der Waals surface area contributed by atoms with Crippen LogP contribution in [0.5, 0.6) is 17.2 Å². The van der Waals surface area contributed by atoms with E-state index in [2.05, 4.69) is 4.99 Å². The topological polar surface area (TPSA) is 51.0 Å². The Hall–Kier alpha value is -2.84. The largest absolute Gasteiger partial charge is 0.504 e. The average molecular weight is 365 g/mol. The maximum atomic E-state index is 10.5. The fourth-order valence-corrected chi connectivity index (χ4v) is 3.70. The van der Waals surface area contributed by atoms with E-state index < -0.39 is 0 Å². The van der Waals surface area contributed by atoms with Gasteiger partial charge in [0.25, 0.3) is 0 Å². The Balaban J connectivity index is 1.93. The summed E-state index contributed by atoms with van der Waals surface area (Å²) in [5, 5.41) is 12.3. The number of hydrogen-bond acceptors (Lipinski definition) is 4. The quantitative estimate of drug-likeness (QED) is 0.534. The summed E-state index contributed by atoms with van der Waals surface area (Å²) in [7, 11) is 3.37. The third kappa shape index (κ3) is 4.22. The number of hydrogen-bond donors (Lipinski definition) is 1. The molecule has 0 aliphatic carbocycles. The molecular formula is C21H20NO3P. The second-order valence-corrected chi connectivity index (χ2v) is 6.86. The maximum absolute atomic E-state index is 10.5. The van der Waals surface area contributed by atoms with E-state index in [0.717, 1.165) is 21.9 Å². The lowest BCUT2D eigenvalue weighted by molar-refractivity contribution is 0.366. The van der Waals surface area contributed by atoms with Crippen molar-refractivity contribution >= 4 is 31.1 Å². The number of methoxy groups -OCH3 is 2. The minimum absolute atomic E-state index is 0.140. The molecule has 1 N–H and O–H groups in total. The van der Waals surface area contributed by atoms with Crippen molar-refractivity contribution in [1.82, 2.24) is 0 Å². The molecule has 0 aliphatic rings. The van der Waals surface area contributed by atoms with E-state index in [-0.39, 0.29) is 14.3 Å². The smallest absolute Gasteiger partial charge is 0.165 e. The molecule has 1 atom stereocenters. The van der Waals surface area contributed by atoms with Gasteiger partial charge in [-0.1, -0.05) is 51.0 Å². The molecule has 0 saturated carbocycles. The zero-order chi connectivity index (χ0) is 18.4. The van der Waals surface area contributed by atoms with Crippen molar-refractivity contribution in [3.63, 3.8) is 0 Å². The first kappa shape index (κ1) is 18.0. The number of phenolic OH excluding ortho intramolecular Hbond substituents is 1. The average Bonchev–Trinajstić information content (AvgIpc) is 2.69. The minimum atomic E-state index is 0.140. The fourth-order valence-electron chi connectivity index (χ4n) is 2.48. The van der Waals surface area contributed by atoms with Crippen molar-refractivity contribution in [1.29, 1.82) is 0 Å². The van der Waals surface area contributed by atoms with Gasteiger partial charge in [0.05, 0.1) is 19.9 Å². The number of nitrogens with zero attached hydrogens (tertiary/aromatic N) is 1. The molecule has 4 nitrogen and oxygen atoms in total. The summed E-state index contributed by atoms with van der Waals surface area (Å²) in [6.07, 6.45) is 1.85. The fraction of sp³-hybridized carbons (Fsp3) is 0.0952. The first-order chi connectivity index (χ1) is 12.7. The molecule has 3 rings (SSSR count). The third-order valence-electron chi connectivity index (χ3n) is 3.84. The highest BCUT2D eigenvalue weighted by molar-refractivity contribution is 7.56. The number of phenols is 1. The van der Waals surface area contributed by atoms with Crippen LogP contribution in [0, 0.1) is 0 Å². The summed E-state index contributed by atoms with van der Waals surface area (Å²) >= 11 is 0. The number of aromatic hydroxyl groups is 1. The van der Waals surface area contributed by atoms with Gasteiger partial charge in [0.1, 0.15) is 5.75 Å². The van der Waals surface area contributed by atoms with Gasteiger partial charge < -0.3 is 14.6 Å². The Bertz CT molecular complexity index is 910. The molecule has 1 unspecified atom stereocenters. The van der Waals surface area contributed by atoms with Crippen LogP contribution < -0.4 is 20.1 Å². The Morgan fingerprint density at radius 1 is 0.885 bits per heavy atom. The van der Waals surface area contributed by atoms with E-state index in [1.165, 1.54) is 7.11 Å². The van der Waals surface area contributed by atoms with Gasteiger partial charge in [0.15, 0.2) is 11.5 Å². The van der Waals surface area contributed by atoms with E-state index in [1.54, 1.807) is 13.2 Å². The van der Waals surface area contributed by atoms with Crippen molar-refractivity contribution in [3.05, 3.63) is 72.3 Å². The molecular weight excluding hydrogens is 345 g/mol. The highest BCUT2D eigenvalue weighted by atomic mass is 31.1. The first-order valence-electron chi connectivity index (χ1n) is 8.11. The van der Waals surface area contributed by atoms with Crippen LogP contribution in [-0.4, -0.2) is 25.5 Å². The van der Waals surface area contributed by atoms with Crippen molar-refractivity contribution in [3.8, 4) is 17.2 Å². The van der Waals surface area contributed by atoms with Crippen molar-refractivity contribution in [2.75, 3.05) is 14.2 Å². The summed E-state index contributed by atoms with van der Waals surface area (Å²) in [4.78, 5) is 4.54. The second-order valence-electron chi connectivity index (χ2n) is 5.53. The van der Waals surface area contributed by atoms with E-state index in [1.807, 2.05) is 66.9 Å². The molecule has 0 bridgehead atoms. The molecule has 5 heteroatoms. The third-order valence-corrected chi connectivity index (χ3v) is 5.22. The van der Waals surface area contributed by atoms with Gasteiger partial charge in [-0.25, -0.2) is 0 Å². The molecule has 0 heterocycles. The van der Waals surface area contributed by atoms with Crippen LogP contribution in [0.15, 0.2) is 71.7 Å². The van der Waals surface area contributed by atoms with Gasteiger partial charge in [-0.3, -0.25) is 4.99 Å². The predicted octanol–water partition coefficient (Wildman–Crippen LogP) is 3.79. The molecule has 132 valence electrons. The molecule has 26 heavy (non-hydrogen) atoms. The van der Waals surface area contributed by atoms with E-state index in [9.17, 15) is 5.11 Å². The number of rotatable bonds is 6. The monoisotopic (exact) mass is 365 g/mol. The lowest BCUT2D eigenvalue weighted by Gasteiger charge is -2.13. The van der Waals surface area contributed by atoms with E-state index in [4.69, 9.17) is 9.47 Å². The summed E-state index contributed by atoms with van der Waals surface area (Å²) in [6.45, 7) is 0. The zero-order valence-electron chi connectivity index (χ0n) is 14.6. The second kappa shape index (κ2) is 8.50. The molecule has 3 aromatic rings. The minimum Gasteiger partial charge on any atom is -0.504 e. The number of aliphatic imine (C=N–C) groups is 1. The summed E-state index contributed by atoms with van der Waals surface area (Å²) in [5.74, 6) is 1.20. The predicted molar refractivity (Wildman–Crippen MR) is 109 cm³/mol. The Morgan fingerprint density at radius 2 is 1.62 bits per heavy atom. The number of benzene rings is 3. The van der Waals surface area contributed by atoms with Crippen LogP contribution >= 0.6 is 8.58 Å². The lowest BCUT2D eigenvalue weighted by Crippen LogP contribution is -2.10. The Kier molecular flexibility index (Phi) is 5.88. The van der Waals surface area contributed by atoms with Gasteiger partial charge in [0.2, 0.25) is 0 Å². The Morgan fingerprint density at radius 3 is 2.35 bits per heavy atom. The molecule has 0 amide bonds. The van der Waals surface area contributed by atoms with Crippen LogP contribution in [0.4, 0.5) is 5.69 Å².